The molecule has 1 N–H and O–H groups in total. The van der Waals surface area contributed by atoms with Gasteiger partial charge in [-0.15, -0.1) is 0 Å². The van der Waals surface area contributed by atoms with Gasteiger partial charge in [-0.2, -0.15) is 5.10 Å². The van der Waals surface area contributed by atoms with Gasteiger partial charge in [0.25, 0.3) is 5.56 Å². The Bertz CT molecular complexity index is 802. The molecule has 128 valence electrons. The Morgan fingerprint density at radius 2 is 2.17 bits per heavy atom. The molecule has 0 bridgehead atoms. The Morgan fingerprint density at radius 1 is 1.42 bits per heavy atom. The first-order valence-electron chi connectivity index (χ1n) is 8.26. The van der Waals surface area contributed by atoms with Crippen LogP contribution in [0.15, 0.2) is 21.5 Å². The lowest BCUT2D eigenvalue weighted by molar-refractivity contribution is -0.122. The van der Waals surface area contributed by atoms with Crippen molar-refractivity contribution in [3.8, 4) is 11.3 Å². The number of carbonyl (C=O) groups is 1. The zero-order valence-corrected chi connectivity index (χ0v) is 14.2. The number of nitrogens with one attached hydrogen (secondary N) is 1. The molecular formula is C17H22N4O3. The summed E-state index contributed by atoms with van der Waals surface area (Å²) in [6, 6.07) is 3.24. The van der Waals surface area contributed by atoms with Gasteiger partial charge in [0.05, 0.1) is 11.4 Å². The van der Waals surface area contributed by atoms with Crippen LogP contribution in [0.5, 0.6) is 0 Å². The quantitative estimate of drug-likeness (QED) is 0.873. The lowest BCUT2D eigenvalue weighted by Gasteiger charge is -2.13. The highest BCUT2D eigenvalue weighted by Gasteiger charge is 2.22. The van der Waals surface area contributed by atoms with Crippen molar-refractivity contribution in [2.75, 3.05) is 6.54 Å². The van der Waals surface area contributed by atoms with Crippen LogP contribution in [-0.4, -0.2) is 27.4 Å². The van der Waals surface area contributed by atoms with E-state index in [4.69, 9.17) is 4.52 Å². The van der Waals surface area contributed by atoms with Crippen molar-refractivity contribution in [2.45, 2.75) is 46.1 Å². The second kappa shape index (κ2) is 6.59. The lowest BCUT2D eigenvalue weighted by Crippen LogP contribution is -2.35. The summed E-state index contributed by atoms with van der Waals surface area (Å²) in [7, 11) is 0. The minimum atomic E-state index is -0.329. The summed E-state index contributed by atoms with van der Waals surface area (Å²) >= 11 is 0. The zero-order chi connectivity index (χ0) is 17.3. The van der Waals surface area contributed by atoms with Crippen LogP contribution >= 0.6 is 0 Å². The number of amides is 1. The van der Waals surface area contributed by atoms with Crippen molar-refractivity contribution in [2.24, 2.45) is 5.92 Å². The molecule has 24 heavy (non-hydrogen) atoms. The highest BCUT2D eigenvalue weighted by Crippen LogP contribution is 2.28. The second-order valence-corrected chi connectivity index (χ2v) is 6.67. The van der Waals surface area contributed by atoms with Crippen molar-refractivity contribution < 1.29 is 9.32 Å². The normalized spacial score (nSPS) is 14.2. The highest BCUT2D eigenvalue weighted by molar-refractivity contribution is 5.75. The number of aromatic nitrogens is 3. The summed E-state index contributed by atoms with van der Waals surface area (Å²) < 4.78 is 6.48. The van der Waals surface area contributed by atoms with Gasteiger partial charge in [0.15, 0.2) is 5.76 Å². The fourth-order valence-electron chi connectivity index (χ4n) is 2.50. The van der Waals surface area contributed by atoms with Crippen molar-refractivity contribution >= 4 is 5.91 Å². The summed E-state index contributed by atoms with van der Waals surface area (Å²) in [6.45, 7) is 6.40. The Morgan fingerprint density at radius 3 is 2.75 bits per heavy atom. The van der Waals surface area contributed by atoms with Gasteiger partial charge in [0.1, 0.15) is 6.54 Å². The van der Waals surface area contributed by atoms with Gasteiger partial charge in [0.2, 0.25) is 5.91 Å². The summed E-state index contributed by atoms with van der Waals surface area (Å²) in [6.07, 6.45) is 2.34. The molecule has 1 fully saturated rings. The van der Waals surface area contributed by atoms with Crippen molar-refractivity contribution in [1.82, 2.24) is 20.3 Å². The van der Waals surface area contributed by atoms with E-state index in [0.717, 1.165) is 5.69 Å². The molecule has 0 aromatic carbocycles. The molecule has 0 radical (unpaired) electrons. The van der Waals surface area contributed by atoms with Crippen molar-refractivity contribution in [3.05, 3.63) is 33.9 Å². The van der Waals surface area contributed by atoms with Crippen LogP contribution in [0.25, 0.3) is 11.3 Å². The molecule has 0 spiro atoms. The van der Waals surface area contributed by atoms with E-state index in [1.165, 1.54) is 23.6 Å². The maximum atomic E-state index is 12.3. The van der Waals surface area contributed by atoms with Crippen molar-refractivity contribution in [1.29, 1.82) is 0 Å². The molecule has 7 heteroatoms. The van der Waals surface area contributed by atoms with Crippen LogP contribution in [0.1, 0.15) is 44.0 Å². The fourth-order valence-corrected chi connectivity index (χ4v) is 2.50. The molecule has 1 aliphatic carbocycles. The second-order valence-electron chi connectivity index (χ2n) is 6.67. The molecule has 2 heterocycles. The number of nitrogens with zero attached hydrogens (tertiary/aromatic N) is 3. The van der Waals surface area contributed by atoms with E-state index in [0.29, 0.717) is 29.5 Å². The zero-order valence-electron chi connectivity index (χ0n) is 14.2. The predicted octanol–water partition coefficient (Wildman–Crippen LogP) is 1.86. The van der Waals surface area contributed by atoms with Gasteiger partial charge in [-0.3, -0.25) is 9.59 Å². The molecule has 1 aliphatic rings. The number of carbonyl (C=O) groups excluding carboxylic acids is 1. The Balaban J connectivity index is 1.86. The summed E-state index contributed by atoms with van der Waals surface area (Å²) in [5.41, 5.74) is 1.75. The number of aryl methyl sites for hydroxylation is 1. The topological polar surface area (TPSA) is 90.0 Å². The first-order valence-corrected chi connectivity index (χ1v) is 8.26. The lowest BCUT2D eigenvalue weighted by atomic mass is 10.0. The van der Waals surface area contributed by atoms with Crippen LogP contribution in [0.4, 0.5) is 0 Å². The third-order valence-corrected chi connectivity index (χ3v) is 4.05. The van der Waals surface area contributed by atoms with E-state index in [2.05, 4.69) is 15.6 Å². The molecule has 0 saturated heterocycles. The molecule has 2 aromatic heterocycles. The molecule has 7 nitrogen and oxygen atoms in total. The van der Waals surface area contributed by atoms with Gasteiger partial charge in [0, 0.05) is 24.2 Å². The number of hydrogen-bond acceptors (Lipinski definition) is 5. The molecule has 2 aromatic rings. The standard InChI is InChI=1S/C17H22N4O3/c1-10(2)17-13(14-6-11(3)20-24-14)7-16(23)21(19-17)9-15(22)18-8-12-4-5-12/h6-7,10,12H,4-5,8-9H2,1-3H3,(H,18,22). The van der Waals surface area contributed by atoms with Crippen molar-refractivity contribution in [3.63, 3.8) is 0 Å². The monoisotopic (exact) mass is 330 g/mol. The molecular weight excluding hydrogens is 308 g/mol. The van der Waals surface area contributed by atoms with E-state index in [-0.39, 0.29) is 23.9 Å². The first kappa shape index (κ1) is 16.4. The van der Waals surface area contributed by atoms with Crippen LogP contribution < -0.4 is 10.9 Å². The van der Waals surface area contributed by atoms with E-state index in [1.54, 1.807) is 6.07 Å². The van der Waals surface area contributed by atoms with Crippen LogP contribution in [0.2, 0.25) is 0 Å². The third-order valence-electron chi connectivity index (χ3n) is 4.05. The van der Waals surface area contributed by atoms with E-state index in [9.17, 15) is 9.59 Å². The highest BCUT2D eigenvalue weighted by atomic mass is 16.5. The van der Waals surface area contributed by atoms with Crippen LogP contribution in [0.3, 0.4) is 0 Å². The Labute approximate surface area is 140 Å². The minimum absolute atomic E-state index is 0.0685. The summed E-state index contributed by atoms with van der Waals surface area (Å²) in [5, 5.41) is 11.1. The number of rotatable bonds is 6. The van der Waals surface area contributed by atoms with Crippen LogP contribution in [0, 0.1) is 12.8 Å². The SMILES string of the molecule is Cc1cc(-c2cc(=O)n(CC(=O)NCC3CC3)nc2C(C)C)on1. The predicted molar refractivity (Wildman–Crippen MR) is 88.6 cm³/mol. The third kappa shape index (κ3) is 3.72. The Hall–Kier alpha value is -2.44. The Kier molecular flexibility index (Phi) is 4.51. The van der Waals surface area contributed by atoms with Crippen LogP contribution in [-0.2, 0) is 11.3 Å². The largest absolute Gasteiger partial charge is 0.356 e. The van der Waals surface area contributed by atoms with Gasteiger partial charge >= 0.3 is 0 Å². The maximum absolute atomic E-state index is 12.3. The molecule has 0 atom stereocenters. The minimum Gasteiger partial charge on any atom is -0.356 e. The molecule has 0 aliphatic heterocycles. The number of hydrogen-bond donors (Lipinski definition) is 1. The van der Waals surface area contributed by atoms with Gasteiger partial charge in [-0.05, 0) is 31.6 Å². The molecule has 0 unspecified atom stereocenters. The van der Waals surface area contributed by atoms with Gasteiger partial charge in [-0.25, -0.2) is 4.68 Å². The van der Waals surface area contributed by atoms with E-state index in [1.807, 2.05) is 20.8 Å². The average molecular weight is 330 g/mol. The van der Waals surface area contributed by atoms with E-state index >= 15 is 0 Å². The average Bonchev–Trinajstić information content (AvgIpc) is 3.26. The summed E-state index contributed by atoms with van der Waals surface area (Å²) in [4.78, 5) is 24.3. The summed E-state index contributed by atoms with van der Waals surface area (Å²) in [5.74, 6) is 1.01. The maximum Gasteiger partial charge on any atom is 0.267 e. The van der Waals surface area contributed by atoms with Gasteiger partial charge < -0.3 is 9.84 Å². The molecule has 1 amide bonds. The van der Waals surface area contributed by atoms with Gasteiger partial charge in [-0.1, -0.05) is 19.0 Å². The smallest absolute Gasteiger partial charge is 0.267 e. The first-order chi connectivity index (χ1) is 11.4. The molecule has 1 saturated carbocycles. The fraction of sp³-hybridized carbons (Fsp3) is 0.529. The molecule has 3 rings (SSSR count). The van der Waals surface area contributed by atoms with E-state index < -0.39 is 0 Å².